The zero-order valence-corrected chi connectivity index (χ0v) is 11.1. The third kappa shape index (κ3) is 3.43. The molecule has 104 valence electrons. The fraction of sp³-hybridized carbons (Fsp3) is 0.0769. The predicted molar refractivity (Wildman–Crippen MR) is 74.6 cm³/mol. The molecule has 1 heterocycles. The Hall–Kier alpha value is -2.18. The van der Waals surface area contributed by atoms with Gasteiger partial charge >= 0.3 is 0 Å². The fourth-order valence-electron chi connectivity index (χ4n) is 1.62. The topological polar surface area (TPSA) is 80.0 Å². The molecule has 2 rings (SSSR count). The lowest BCUT2D eigenvalue weighted by Crippen LogP contribution is -2.23. The molecule has 0 bridgehead atoms. The number of hydrazine groups is 1. The summed E-state index contributed by atoms with van der Waals surface area (Å²) in [7, 11) is 0. The van der Waals surface area contributed by atoms with Crippen LogP contribution in [0.15, 0.2) is 36.4 Å². The monoisotopic (exact) mass is 294 g/mol. The van der Waals surface area contributed by atoms with E-state index >= 15 is 0 Å². The van der Waals surface area contributed by atoms with Crippen molar-refractivity contribution in [2.24, 2.45) is 5.84 Å². The van der Waals surface area contributed by atoms with E-state index in [1.165, 1.54) is 18.2 Å². The highest BCUT2D eigenvalue weighted by atomic mass is 35.5. The van der Waals surface area contributed by atoms with E-state index in [-0.39, 0.29) is 28.9 Å². The molecule has 2 aromatic rings. The van der Waals surface area contributed by atoms with Gasteiger partial charge in [0.05, 0.1) is 0 Å². The number of hydrogen-bond donors (Lipinski definition) is 3. The van der Waals surface area contributed by atoms with Gasteiger partial charge in [-0.2, -0.15) is 0 Å². The minimum atomic E-state index is -0.394. The van der Waals surface area contributed by atoms with Crippen LogP contribution in [0.3, 0.4) is 0 Å². The van der Waals surface area contributed by atoms with Gasteiger partial charge in [-0.15, -0.1) is 0 Å². The molecule has 0 radical (unpaired) electrons. The Morgan fingerprint density at radius 3 is 2.80 bits per heavy atom. The third-order valence-electron chi connectivity index (χ3n) is 2.60. The first kappa shape index (κ1) is 14.2. The van der Waals surface area contributed by atoms with Crippen LogP contribution in [0, 0.1) is 5.82 Å². The van der Waals surface area contributed by atoms with Gasteiger partial charge in [-0.3, -0.25) is 4.79 Å². The molecule has 0 aliphatic carbocycles. The summed E-state index contributed by atoms with van der Waals surface area (Å²) in [5, 5.41) is 2.74. The van der Waals surface area contributed by atoms with E-state index in [9.17, 15) is 9.18 Å². The highest BCUT2D eigenvalue weighted by Gasteiger charge is 2.10. The van der Waals surface area contributed by atoms with Gasteiger partial charge in [-0.25, -0.2) is 15.2 Å². The molecule has 0 aliphatic rings. The first-order valence-corrected chi connectivity index (χ1v) is 6.14. The average Bonchev–Trinajstić information content (AvgIpc) is 2.45. The van der Waals surface area contributed by atoms with Gasteiger partial charge in [-0.1, -0.05) is 29.8 Å². The minimum absolute atomic E-state index is 0.0802. The molecule has 0 saturated heterocycles. The lowest BCUT2D eigenvalue weighted by Gasteiger charge is -2.08. The molecule has 0 unspecified atom stereocenters. The number of rotatable bonds is 4. The smallest absolute Gasteiger partial charge is 0.251 e. The standard InChI is InChI=1S/C13H12ClFN4O/c14-11-5-9(6-12(18-11)19-16)13(20)17-7-8-3-1-2-4-10(8)15/h1-6H,7,16H2,(H,17,20)(H,18,19). The Morgan fingerprint density at radius 1 is 1.35 bits per heavy atom. The molecule has 0 atom stereocenters. The number of nitrogens with zero attached hydrogens (tertiary/aromatic N) is 1. The van der Waals surface area contributed by atoms with Crippen molar-refractivity contribution in [1.82, 2.24) is 10.3 Å². The maximum Gasteiger partial charge on any atom is 0.251 e. The Morgan fingerprint density at radius 2 is 2.10 bits per heavy atom. The van der Waals surface area contributed by atoms with Crippen LogP contribution in [-0.4, -0.2) is 10.9 Å². The summed E-state index contributed by atoms with van der Waals surface area (Å²) in [6, 6.07) is 9.07. The van der Waals surface area contributed by atoms with E-state index in [2.05, 4.69) is 15.7 Å². The van der Waals surface area contributed by atoms with E-state index in [4.69, 9.17) is 17.4 Å². The number of nitrogens with two attached hydrogens (primary N) is 1. The van der Waals surface area contributed by atoms with Crippen LogP contribution in [0.4, 0.5) is 10.2 Å². The highest BCUT2D eigenvalue weighted by molar-refractivity contribution is 6.29. The van der Waals surface area contributed by atoms with Gasteiger partial charge < -0.3 is 10.7 Å². The lowest BCUT2D eigenvalue weighted by molar-refractivity contribution is 0.0950. The highest BCUT2D eigenvalue weighted by Crippen LogP contribution is 2.14. The van der Waals surface area contributed by atoms with Crippen LogP contribution in [0.1, 0.15) is 15.9 Å². The second-order valence-electron chi connectivity index (χ2n) is 3.98. The summed E-state index contributed by atoms with van der Waals surface area (Å²) in [5.41, 5.74) is 3.00. The van der Waals surface area contributed by atoms with Crippen LogP contribution < -0.4 is 16.6 Å². The summed E-state index contributed by atoms with van der Waals surface area (Å²) in [5.74, 6) is 4.73. The molecular weight excluding hydrogens is 283 g/mol. The molecule has 0 aliphatic heterocycles. The molecule has 4 N–H and O–H groups in total. The molecule has 20 heavy (non-hydrogen) atoms. The summed E-state index contributed by atoms with van der Waals surface area (Å²) >= 11 is 5.77. The van der Waals surface area contributed by atoms with Crippen molar-refractivity contribution in [2.45, 2.75) is 6.54 Å². The number of carbonyl (C=O) groups is 1. The van der Waals surface area contributed by atoms with Crippen LogP contribution in [-0.2, 0) is 6.54 Å². The summed E-state index contributed by atoms with van der Waals surface area (Å²) in [6.45, 7) is 0.0802. The van der Waals surface area contributed by atoms with E-state index in [1.807, 2.05) is 0 Å². The number of pyridine rings is 1. The maximum absolute atomic E-state index is 13.4. The number of benzene rings is 1. The van der Waals surface area contributed by atoms with Gasteiger partial charge in [0.1, 0.15) is 16.8 Å². The second-order valence-corrected chi connectivity index (χ2v) is 4.37. The molecule has 5 nitrogen and oxygen atoms in total. The first-order chi connectivity index (χ1) is 9.60. The number of amides is 1. The lowest BCUT2D eigenvalue weighted by atomic mass is 10.2. The van der Waals surface area contributed by atoms with Crippen molar-refractivity contribution >= 4 is 23.3 Å². The third-order valence-corrected chi connectivity index (χ3v) is 2.80. The molecule has 1 amide bonds. The first-order valence-electron chi connectivity index (χ1n) is 5.76. The fourth-order valence-corrected chi connectivity index (χ4v) is 1.83. The number of anilines is 1. The van der Waals surface area contributed by atoms with Crippen molar-refractivity contribution in [3.63, 3.8) is 0 Å². The Balaban J connectivity index is 2.09. The largest absolute Gasteiger partial charge is 0.348 e. The van der Waals surface area contributed by atoms with Gasteiger partial charge in [-0.05, 0) is 18.2 Å². The van der Waals surface area contributed by atoms with Crippen molar-refractivity contribution in [1.29, 1.82) is 0 Å². The number of nitrogens with one attached hydrogen (secondary N) is 2. The number of halogens is 2. The Labute approximate surface area is 119 Å². The van der Waals surface area contributed by atoms with E-state index in [0.717, 1.165) is 0 Å². The quantitative estimate of drug-likeness (QED) is 0.458. The number of nitrogen functional groups attached to an aromatic ring is 1. The van der Waals surface area contributed by atoms with Crippen molar-refractivity contribution in [3.8, 4) is 0 Å². The Bertz CT molecular complexity index is 636. The molecular formula is C13H12ClFN4O. The summed E-state index contributed by atoms with van der Waals surface area (Å²) < 4.78 is 13.4. The molecule has 1 aromatic carbocycles. The van der Waals surface area contributed by atoms with Gasteiger partial charge in [0.25, 0.3) is 5.91 Å². The average molecular weight is 295 g/mol. The maximum atomic E-state index is 13.4. The van der Waals surface area contributed by atoms with E-state index in [0.29, 0.717) is 5.56 Å². The van der Waals surface area contributed by atoms with Crippen LogP contribution in [0.25, 0.3) is 0 Å². The van der Waals surface area contributed by atoms with Crippen LogP contribution in [0.5, 0.6) is 0 Å². The molecule has 7 heteroatoms. The van der Waals surface area contributed by atoms with Gasteiger partial charge in [0.15, 0.2) is 0 Å². The zero-order valence-electron chi connectivity index (χ0n) is 10.4. The van der Waals surface area contributed by atoms with Crippen molar-refractivity contribution in [2.75, 3.05) is 5.43 Å². The Kier molecular flexibility index (Phi) is 4.49. The number of aromatic nitrogens is 1. The van der Waals surface area contributed by atoms with E-state index in [1.54, 1.807) is 18.2 Å². The van der Waals surface area contributed by atoms with Crippen molar-refractivity contribution < 1.29 is 9.18 Å². The normalized spacial score (nSPS) is 10.2. The van der Waals surface area contributed by atoms with Crippen LogP contribution in [0.2, 0.25) is 5.15 Å². The zero-order chi connectivity index (χ0) is 14.5. The van der Waals surface area contributed by atoms with Gasteiger partial charge in [0, 0.05) is 17.7 Å². The molecule has 0 saturated carbocycles. The SMILES string of the molecule is NNc1cc(C(=O)NCc2ccccc2F)cc(Cl)n1. The second kappa shape index (κ2) is 6.31. The molecule has 0 spiro atoms. The van der Waals surface area contributed by atoms with Crippen molar-refractivity contribution in [3.05, 3.63) is 58.5 Å². The number of carbonyl (C=O) groups excluding carboxylic acids is 1. The van der Waals surface area contributed by atoms with Gasteiger partial charge in [0.2, 0.25) is 0 Å². The predicted octanol–water partition coefficient (Wildman–Crippen LogP) is 2.09. The number of hydrogen-bond acceptors (Lipinski definition) is 4. The molecule has 0 fully saturated rings. The minimum Gasteiger partial charge on any atom is -0.348 e. The molecule has 1 aromatic heterocycles. The summed E-state index contributed by atoms with van der Waals surface area (Å²) in [6.07, 6.45) is 0. The summed E-state index contributed by atoms with van der Waals surface area (Å²) in [4.78, 5) is 15.8. The van der Waals surface area contributed by atoms with E-state index < -0.39 is 5.91 Å². The van der Waals surface area contributed by atoms with Crippen LogP contribution >= 0.6 is 11.6 Å².